The Balaban J connectivity index is 1.43. The molecule has 1 N–H and O–H groups in total. The molecular weight excluding hydrogens is 390 g/mol. The van der Waals surface area contributed by atoms with Crippen molar-refractivity contribution >= 4 is 33.5 Å². The summed E-state index contributed by atoms with van der Waals surface area (Å²) in [5.74, 6) is 0.731. The Morgan fingerprint density at radius 1 is 1.24 bits per heavy atom. The third kappa shape index (κ3) is 3.90. The van der Waals surface area contributed by atoms with Crippen LogP contribution in [0.4, 0.5) is 9.80 Å². The molecule has 148 valence electrons. The highest BCUT2D eigenvalue weighted by Gasteiger charge is 2.15. The van der Waals surface area contributed by atoms with Crippen molar-refractivity contribution in [3.63, 3.8) is 0 Å². The minimum atomic E-state index is -0.539. The normalized spacial score (nSPS) is 10.9. The molecule has 0 aliphatic rings. The van der Waals surface area contributed by atoms with Crippen LogP contribution in [0, 0.1) is 6.92 Å². The van der Waals surface area contributed by atoms with E-state index in [1.165, 1.54) is 11.3 Å². The maximum absolute atomic E-state index is 12.3. The lowest BCUT2D eigenvalue weighted by molar-refractivity contribution is 0.155. The van der Waals surface area contributed by atoms with E-state index in [-0.39, 0.29) is 6.61 Å². The molecule has 2 aromatic heterocycles. The molecule has 0 aliphatic carbocycles. The van der Waals surface area contributed by atoms with E-state index in [2.05, 4.69) is 20.6 Å². The molecule has 4 rings (SSSR count). The number of carbonyl (C=O) groups excluding carboxylic acids is 1. The number of para-hydroxylation sites is 1. The molecule has 2 heterocycles. The van der Waals surface area contributed by atoms with Gasteiger partial charge in [0, 0.05) is 7.05 Å². The quantitative estimate of drug-likeness (QED) is 0.532. The van der Waals surface area contributed by atoms with Gasteiger partial charge in [-0.25, -0.2) is 14.5 Å². The van der Waals surface area contributed by atoms with Crippen LogP contribution < -0.4 is 10.1 Å². The van der Waals surface area contributed by atoms with E-state index < -0.39 is 6.09 Å². The molecule has 9 heteroatoms. The number of hydrogen-bond acceptors (Lipinski definition) is 7. The first-order valence-corrected chi connectivity index (χ1v) is 9.69. The van der Waals surface area contributed by atoms with Crippen LogP contribution in [0.3, 0.4) is 0 Å². The summed E-state index contributed by atoms with van der Waals surface area (Å²) in [6.07, 6.45) is -0.539. The molecule has 1 amide bonds. The number of aryl methyl sites for hydroxylation is 2. The molecule has 0 saturated heterocycles. The fourth-order valence-electron chi connectivity index (χ4n) is 2.90. The number of hydrogen-bond donors (Lipinski definition) is 1. The van der Waals surface area contributed by atoms with Crippen molar-refractivity contribution in [2.24, 2.45) is 7.05 Å². The van der Waals surface area contributed by atoms with Crippen molar-refractivity contribution in [3.8, 4) is 16.3 Å². The molecular formula is C20H19N5O3S. The molecule has 8 nitrogen and oxygen atoms in total. The van der Waals surface area contributed by atoms with E-state index >= 15 is 0 Å². The minimum Gasteiger partial charge on any atom is -0.496 e. The third-order valence-corrected chi connectivity index (χ3v) is 5.50. The molecule has 0 aliphatic heterocycles. The van der Waals surface area contributed by atoms with E-state index in [1.807, 2.05) is 56.4 Å². The van der Waals surface area contributed by atoms with Crippen molar-refractivity contribution in [2.45, 2.75) is 13.5 Å². The van der Waals surface area contributed by atoms with Crippen molar-refractivity contribution in [3.05, 3.63) is 53.7 Å². The Kier molecular flexibility index (Phi) is 5.13. The van der Waals surface area contributed by atoms with Gasteiger partial charge >= 0.3 is 6.09 Å². The minimum absolute atomic E-state index is 0.134. The van der Waals surface area contributed by atoms with E-state index in [0.29, 0.717) is 10.7 Å². The second-order valence-corrected chi connectivity index (χ2v) is 7.37. The summed E-state index contributed by atoms with van der Waals surface area (Å²) in [7, 11) is 3.45. The first-order valence-electron chi connectivity index (χ1n) is 8.88. The van der Waals surface area contributed by atoms with Crippen LogP contribution in [0.5, 0.6) is 5.75 Å². The predicted molar refractivity (Wildman–Crippen MR) is 111 cm³/mol. The smallest absolute Gasteiger partial charge is 0.412 e. The van der Waals surface area contributed by atoms with Crippen LogP contribution in [0.25, 0.3) is 21.6 Å². The fraction of sp³-hybridized carbons (Fsp3) is 0.200. The molecule has 0 fully saturated rings. The number of benzene rings is 2. The molecule has 0 spiro atoms. The summed E-state index contributed by atoms with van der Waals surface area (Å²) < 4.78 is 12.4. The number of rotatable bonds is 5. The lowest BCUT2D eigenvalue weighted by Crippen LogP contribution is -2.13. The molecule has 2 aromatic carbocycles. The molecule has 4 aromatic rings. The van der Waals surface area contributed by atoms with Crippen LogP contribution in [-0.4, -0.2) is 33.2 Å². The highest BCUT2D eigenvalue weighted by atomic mass is 32.1. The van der Waals surface area contributed by atoms with Gasteiger partial charge in [0.25, 0.3) is 0 Å². The van der Waals surface area contributed by atoms with Gasteiger partial charge in [-0.3, -0.25) is 5.32 Å². The Labute approximate surface area is 171 Å². The number of anilines is 1. The first-order chi connectivity index (χ1) is 14.0. The van der Waals surface area contributed by atoms with Gasteiger partial charge in [0.15, 0.2) is 0 Å². The summed E-state index contributed by atoms with van der Waals surface area (Å²) in [4.78, 5) is 16.8. The standard InChI is InChI=1S/C20H19N5O3S/c1-12-18(29-19(21-12)14-6-4-5-7-17(14)27-3)22-20(26)28-11-13-8-9-16-15(10-13)23-24-25(16)2/h4-10H,11H2,1-3H3,(H,22,26). The van der Waals surface area contributed by atoms with Gasteiger partial charge in [0.2, 0.25) is 0 Å². The number of nitrogens with zero attached hydrogens (tertiary/aromatic N) is 4. The van der Waals surface area contributed by atoms with Gasteiger partial charge < -0.3 is 9.47 Å². The second kappa shape index (κ2) is 7.88. The zero-order chi connectivity index (χ0) is 20.4. The van der Waals surface area contributed by atoms with E-state index in [0.717, 1.165) is 32.9 Å². The van der Waals surface area contributed by atoms with Gasteiger partial charge in [-0.05, 0) is 36.8 Å². The number of carbonyl (C=O) groups is 1. The van der Waals surface area contributed by atoms with Gasteiger partial charge in [0.05, 0.1) is 23.9 Å². The van der Waals surface area contributed by atoms with Crippen molar-refractivity contribution in [1.82, 2.24) is 20.0 Å². The summed E-state index contributed by atoms with van der Waals surface area (Å²) in [5, 5.41) is 12.2. The zero-order valence-corrected chi connectivity index (χ0v) is 17.0. The molecule has 0 saturated carbocycles. The van der Waals surface area contributed by atoms with Gasteiger partial charge in [-0.15, -0.1) is 5.10 Å². The van der Waals surface area contributed by atoms with E-state index in [1.54, 1.807) is 11.8 Å². The number of methoxy groups -OCH3 is 1. The maximum Gasteiger partial charge on any atom is 0.412 e. The van der Waals surface area contributed by atoms with Gasteiger partial charge in [-0.1, -0.05) is 34.7 Å². The van der Waals surface area contributed by atoms with Crippen LogP contribution in [0.1, 0.15) is 11.3 Å². The van der Waals surface area contributed by atoms with Crippen molar-refractivity contribution in [2.75, 3.05) is 12.4 Å². The topological polar surface area (TPSA) is 91.2 Å². The van der Waals surface area contributed by atoms with Gasteiger partial charge in [-0.2, -0.15) is 0 Å². The lowest BCUT2D eigenvalue weighted by atomic mass is 10.2. The number of thiazole rings is 1. The summed E-state index contributed by atoms with van der Waals surface area (Å²) >= 11 is 1.37. The van der Waals surface area contributed by atoms with E-state index in [4.69, 9.17) is 9.47 Å². The number of aromatic nitrogens is 4. The Hall–Kier alpha value is -3.46. The Morgan fingerprint density at radius 2 is 2.07 bits per heavy atom. The molecule has 0 bridgehead atoms. The van der Waals surface area contributed by atoms with Crippen molar-refractivity contribution < 1.29 is 14.3 Å². The van der Waals surface area contributed by atoms with Crippen LogP contribution in [0.2, 0.25) is 0 Å². The highest BCUT2D eigenvalue weighted by Crippen LogP contribution is 2.36. The number of nitrogens with one attached hydrogen (secondary N) is 1. The fourth-order valence-corrected chi connectivity index (χ4v) is 3.88. The number of amides is 1. The number of fused-ring (bicyclic) bond motifs is 1. The maximum atomic E-state index is 12.3. The van der Waals surface area contributed by atoms with Gasteiger partial charge in [0.1, 0.15) is 27.9 Å². The predicted octanol–water partition coefficient (Wildman–Crippen LogP) is 4.16. The molecule has 0 radical (unpaired) electrons. The molecule has 29 heavy (non-hydrogen) atoms. The van der Waals surface area contributed by atoms with E-state index in [9.17, 15) is 4.79 Å². The lowest BCUT2D eigenvalue weighted by Gasteiger charge is -2.06. The summed E-state index contributed by atoms with van der Waals surface area (Å²) in [5.41, 5.74) is 4.11. The Bertz CT molecular complexity index is 1180. The monoisotopic (exact) mass is 409 g/mol. The van der Waals surface area contributed by atoms with Crippen molar-refractivity contribution in [1.29, 1.82) is 0 Å². The third-order valence-electron chi connectivity index (χ3n) is 4.39. The largest absolute Gasteiger partial charge is 0.496 e. The molecule has 0 unspecified atom stereocenters. The number of ether oxygens (including phenoxy) is 2. The summed E-state index contributed by atoms with van der Waals surface area (Å²) in [6, 6.07) is 13.3. The molecule has 0 atom stereocenters. The summed E-state index contributed by atoms with van der Waals surface area (Å²) in [6.45, 7) is 1.97. The average Bonchev–Trinajstić information content (AvgIpc) is 3.28. The van der Waals surface area contributed by atoms with Crippen LogP contribution in [0.15, 0.2) is 42.5 Å². The Morgan fingerprint density at radius 3 is 2.90 bits per heavy atom. The first kappa shape index (κ1) is 18.9. The second-order valence-electron chi connectivity index (χ2n) is 6.37. The highest BCUT2D eigenvalue weighted by molar-refractivity contribution is 7.19. The van der Waals surface area contributed by atoms with Crippen LogP contribution in [-0.2, 0) is 18.4 Å². The van der Waals surface area contributed by atoms with Crippen LogP contribution >= 0.6 is 11.3 Å². The SMILES string of the molecule is COc1ccccc1-c1nc(C)c(NC(=O)OCc2ccc3c(c2)nnn3C)s1. The zero-order valence-electron chi connectivity index (χ0n) is 16.2. The average molecular weight is 409 g/mol.